The van der Waals surface area contributed by atoms with E-state index < -0.39 is 0 Å². The fourth-order valence-corrected chi connectivity index (χ4v) is 3.86. The van der Waals surface area contributed by atoms with Gasteiger partial charge < -0.3 is 9.30 Å². The molecule has 4 nitrogen and oxygen atoms in total. The largest absolute Gasteiger partial charge is 0.383 e. The van der Waals surface area contributed by atoms with Gasteiger partial charge in [0.1, 0.15) is 5.82 Å². The van der Waals surface area contributed by atoms with Gasteiger partial charge in [0.2, 0.25) is 0 Å². The van der Waals surface area contributed by atoms with Crippen molar-refractivity contribution >= 4 is 27.5 Å². The lowest BCUT2D eigenvalue weighted by molar-refractivity contribution is -0.117. The van der Waals surface area contributed by atoms with Gasteiger partial charge in [0, 0.05) is 13.7 Å². The number of hydrogen-bond donors (Lipinski definition) is 0. The first-order valence-electron chi connectivity index (χ1n) is 8.54. The summed E-state index contributed by atoms with van der Waals surface area (Å²) in [6.07, 6.45) is 1.19. The van der Waals surface area contributed by atoms with Crippen LogP contribution in [0.4, 0.5) is 4.39 Å². The topological polar surface area (TPSA) is 43.6 Å². The highest BCUT2D eigenvalue weighted by molar-refractivity contribution is 7.16. The smallest absolute Gasteiger partial charge is 0.252 e. The highest BCUT2D eigenvalue weighted by Gasteiger charge is 2.12. The van der Waals surface area contributed by atoms with Gasteiger partial charge in [0.25, 0.3) is 5.91 Å². The molecule has 6 heteroatoms. The second kappa shape index (κ2) is 8.38. The molecular formula is C20H21FN2O2S. The summed E-state index contributed by atoms with van der Waals surface area (Å²) in [6, 6.07) is 12.9. The molecule has 0 aliphatic rings. The second-order valence-electron chi connectivity index (χ2n) is 5.97. The minimum Gasteiger partial charge on any atom is -0.383 e. The van der Waals surface area contributed by atoms with Gasteiger partial charge in [-0.1, -0.05) is 48.6 Å². The lowest BCUT2D eigenvalue weighted by Crippen LogP contribution is -2.20. The fourth-order valence-electron chi connectivity index (χ4n) is 2.78. The van der Waals surface area contributed by atoms with E-state index in [1.807, 2.05) is 30.3 Å². The average molecular weight is 372 g/mol. The Labute approximate surface area is 155 Å². The van der Waals surface area contributed by atoms with Crippen molar-refractivity contribution in [3.05, 3.63) is 64.2 Å². The third-order valence-corrected chi connectivity index (χ3v) is 5.22. The van der Waals surface area contributed by atoms with Crippen molar-refractivity contribution in [3.8, 4) is 0 Å². The van der Waals surface area contributed by atoms with Crippen molar-refractivity contribution in [2.24, 2.45) is 4.99 Å². The number of hydrogen-bond acceptors (Lipinski definition) is 3. The average Bonchev–Trinajstić information content (AvgIpc) is 2.98. The number of ether oxygens (including phenoxy) is 1. The van der Waals surface area contributed by atoms with E-state index in [2.05, 4.69) is 11.9 Å². The van der Waals surface area contributed by atoms with Gasteiger partial charge in [0.05, 0.1) is 23.2 Å². The number of aryl methyl sites for hydroxylation is 1. The Kier molecular flexibility index (Phi) is 5.96. The van der Waals surface area contributed by atoms with E-state index in [1.54, 1.807) is 17.7 Å². The lowest BCUT2D eigenvalue weighted by Gasteiger charge is -2.05. The van der Waals surface area contributed by atoms with E-state index in [9.17, 15) is 9.18 Å². The minimum absolute atomic E-state index is 0.227. The summed E-state index contributed by atoms with van der Waals surface area (Å²) in [6.45, 7) is 2.95. The van der Waals surface area contributed by atoms with Crippen LogP contribution in [0.15, 0.2) is 47.5 Å². The summed E-state index contributed by atoms with van der Waals surface area (Å²) in [5, 5.41) is 0. The van der Waals surface area contributed by atoms with E-state index in [4.69, 9.17) is 4.74 Å². The molecule has 0 saturated heterocycles. The molecule has 0 fully saturated rings. The molecule has 1 heterocycles. The highest BCUT2D eigenvalue weighted by Crippen LogP contribution is 2.20. The predicted molar refractivity (Wildman–Crippen MR) is 102 cm³/mol. The highest BCUT2D eigenvalue weighted by atomic mass is 32.1. The van der Waals surface area contributed by atoms with Gasteiger partial charge in [-0.3, -0.25) is 4.79 Å². The summed E-state index contributed by atoms with van der Waals surface area (Å²) in [5.74, 6) is -0.564. The van der Waals surface area contributed by atoms with Gasteiger partial charge in [-0.15, -0.1) is 0 Å². The first kappa shape index (κ1) is 18.5. The molecule has 3 aromatic rings. The molecule has 0 saturated carbocycles. The van der Waals surface area contributed by atoms with Crippen LogP contribution in [-0.4, -0.2) is 24.2 Å². The molecule has 2 aromatic carbocycles. The van der Waals surface area contributed by atoms with E-state index in [-0.39, 0.29) is 18.1 Å². The second-order valence-corrected chi connectivity index (χ2v) is 6.98. The standard InChI is InChI=1S/C20H21FN2O2S/c1-3-14-7-9-15(10-8-14)13-18(24)22-20-23(11-12-25-2)19-16(21)5-4-6-17(19)26-20/h4-10H,3,11-13H2,1-2H3. The van der Waals surface area contributed by atoms with E-state index in [0.29, 0.717) is 23.5 Å². The van der Waals surface area contributed by atoms with Crippen LogP contribution in [0, 0.1) is 5.82 Å². The number of methoxy groups -OCH3 is 1. The van der Waals surface area contributed by atoms with Crippen molar-refractivity contribution in [1.29, 1.82) is 0 Å². The van der Waals surface area contributed by atoms with E-state index in [0.717, 1.165) is 16.7 Å². The molecule has 0 spiro atoms. The molecular weight excluding hydrogens is 351 g/mol. The summed E-state index contributed by atoms with van der Waals surface area (Å²) in [7, 11) is 1.59. The predicted octanol–water partition coefficient (Wildman–Crippen LogP) is 3.72. The monoisotopic (exact) mass is 372 g/mol. The maximum atomic E-state index is 14.3. The number of nitrogens with zero attached hydrogens (tertiary/aromatic N) is 2. The minimum atomic E-state index is -0.320. The van der Waals surface area contributed by atoms with Crippen LogP contribution in [0.5, 0.6) is 0 Å². The van der Waals surface area contributed by atoms with Crippen molar-refractivity contribution < 1.29 is 13.9 Å². The van der Waals surface area contributed by atoms with Gasteiger partial charge >= 0.3 is 0 Å². The Balaban J connectivity index is 1.94. The van der Waals surface area contributed by atoms with Crippen molar-refractivity contribution in [2.45, 2.75) is 26.3 Å². The normalized spacial score (nSPS) is 12.0. The molecule has 26 heavy (non-hydrogen) atoms. The summed E-state index contributed by atoms with van der Waals surface area (Å²) >= 11 is 1.31. The molecule has 3 rings (SSSR count). The third kappa shape index (κ3) is 4.08. The van der Waals surface area contributed by atoms with Crippen molar-refractivity contribution in [2.75, 3.05) is 13.7 Å². The van der Waals surface area contributed by atoms with Crippen LogP contribution < -0.4 is 4.80 Å². The number of aromatic nitrogens is 1. The molecule has 0 atom stereocenters. The quantitative estimate of drug-likeness (QED) is 0.662. The molecule has 0 N–H and O–H groups in total. The third-order valence-electron chi connectivity index (χ3n) is 4.18. The van der Waals surface area contributed by atoms with Gasteiger partial charge in [-0.05, 0) is 29.7 Å². The first-order valence-corrected chi connectivity index (χ1v) is 9.36. The van der Waals surface area contributed by atoms with Crippen molar-refractivity contribution in [3.63, 3.8) is 0 Å². The Morgan fingerprint density at radius 1 is 1.19 bits per heavy atom. The van der Waals surface area contributed by atoms with Gasteiger partial charge in [-0.2, -0.15) is 4.99 Å². The molecule has 0 aliphatic heterocycles. The number of thiazole rings is 1. The summed E-state index contributed by atoms with van der Waals surface area (Å²) in [4.78, 5) is 17.2. The zero-order valence-electron chi connectivity index (χ0n) is 14.9. The van der Waals surface area contributed by atoms with Crippen LogP contribution in [0.2, 0.25) is 0 Å². The SMILES string of the molecule is CCc1ccc(CC(=O)N=c2sc3cccc(F)c3n2CCOC)cc1. The Morgan fingerprint density at radius 3 is 2.62 bits per heavy atom. The lowest BCUT2D eigenvalue weighted by atomic mass is 10.1. The summed E-state index contributed by atoms with van der Waals surface area (Å²) in [5.41, 5.74) is 2.62. The molecule has 1 amide bonds. The van der Waals surface area contributed by atoms with Crippen molar-refractivity contribution in [1.82, 2.24) is 4.57 Å². The molecule has 1 aromatic heterocycles. The number of rotatable bonds is 6. The van der Waals surface area contributed by atoms with E-state index in [1.165, 1.54) is 23.0 Å². The number of benzene rings is 2. The number of carbonyl (C=O) groups excluding carboxylic acids is 1. The van der Waals surface area contributed by atoms with Crippen LogP contribution in [0.25, 0.3) is 10.2 Å². The fraction of sp³-hybridized carbons (Fsp3) is 0.300. The maximum absolute atomic E-state index is 14.3. The molecule has 0 radical (unpaired) electrons. The van der Waals surface area contributed by atoms with Crippen LogP contribution in [-0.2, 0) is 28.9 Å². The Hall–Kier alpha value is -2.31. The van der Waals surface area contributed by atoms with Crippen LogP contribution in [0.3, 0.4) is 0 Å². The molecule has 0 unspecified atom stereocenters. The molecule has 0 bridgehead atoms. The van der Waals surface area contributed by atoms with Crippen LogP contribution >= 0.6 is 11.3 Å². The van der Waals surface area contributed by atoms with Crippen LogP contribution in [0.1, 0.15) is 18.1 Å². The van der Waals surface area contributed by atoms with Gasteiger partial charge in [-0.25, -0.2) is 4.39 Å². The maximum Gasteiger partial charge on any atom is 0.252 e. The Morgan fingerprint density at radius 2 is 1.92 bits per heavy atom. The number of halogens is 1. The zero-order chi connectivity index (χ0) is 18.5. The molecule has 0 aliphatic carbocycles. The van der Waals surface area contributed by atoms with E-state index >= 15 is 0 Å². The number of para-hydroxylation sites is 1. The zero-order valence-corrected chi connectivity index (χ0v) is 15.7. The Bertz CT molecular complexity index is 974. The molecule has 136 valence electrons. The number of carbonyl (C=O) groups is 1. The van der Waals surface area contributed by atoms with Gasteiger partial charge in [0.15, 0.2) is 4.80 Å². The summed E-state index contributed by atoms with van der Waals surface area (Å²) < 4.78 is 21.9. The first-order chi connectivity index (χ1) is 12.6. The number of amides is 1. The number of fused-ring (bicyclic) bond motifs is 1.